The van der Waals surface area contributed by atoms with E-state index in [1.54, 1.807) is 18.2 Å². The van der Waals surface area contributed by atoms with E-state index in [0.717, 1.165) is 36.0 Å². The van der Waals surface area contributed by atoms with Gasteiger partial charge in [0.15, 0.2) is 0 Å². The summed E-state index contributed by atoms with van der Waals surface area (Å²) >= 11 is 0. The molecule has 5 atom stereocenters. The molecule has 31 heavy (non-hydrogen) atoms. The highest BCUT2D eigenvalue weighted by atomic mass is 16.5. The number of aliphatic hydroxyl groups excluding tert-OH is 4. The Morgan fingerprint density at radius 2 is 1.71 bits per heavy atom. The van der Waals surface area contributed by atoms with Gasteiger partial charge in [0, 0.05) is 0 Å². The molecule has 0 radical (unpaired) electrons. The maximum absolute atomic E-state index is 10.5. The second-order valence-corrected chi connectivity index (χ2v) is 8.54. The number of hydrogen-bond acceptors (Lipinski definition) is 7. The first-order chi connectivity index (χ1) is 14.9. The van der Waals surface area contributed by atoms with Gasteiger partial charge in [0.1, 0.15) is 30.5 Å². The van der Waals surface area contributed by atoms with Crippen molar-refractivity contribution < 1.29 is 30.3 Å². The monoisotopic (exact) mass is 425 g/mol. The van der Waals surface area contributed by atoms with Gasteiger partial charge in [0.25, 0.3) is 0 Å². The number of hydrogen-bond donors (Lipinski definition) is 5. The number of nitriles is 1. The number of ether oxygens (including phenoxy) is 1. The molecule has 2 fully saturated rings. The highest BCUT2D eigenvalue weighted by Crippen LogP contribution is 2.41. The maximum atomic E-state index is 10.5. The molecule has 1 aliphatic carbocycles. The summed E-state index contributed by atoms with van der Waals surface area (Å²) in [4.78, 5) is 0. The van der Waals surface area contributed by atoms with Gasteiger partial charge in [-0.2, -0.15) is 5.26 Å². The summed E-state index contributed by atoms with van der Waals surface area (Å²) in [6, 6.07) is 14.9. The average molecular weight is 425 g/mol. The number of rotatable bonds is 5. The SMILES string of the molecule is N#Cc1ccc([C@@H]2O[C@H](CO)[C@@H](O)[C@H](O)[C@H]2O)cc1Cc1ccc(C2(O)CCC2)cc1. The third-order valence-electron chi connectivity index (χ3n) is 6.54. The molecule has 2 aromatic carbocycles. The Hall–Kier alpha value is -2.31. The maximum Gasteiger partial charge on any atom is 0.113 e. The van der Waals surface area contributed by atoms with Crippen molar-refractivity contribution in [2.75, 3.05) is 6.61 Å². The number of nitrogens with zero attached hydrogens (tertiary/aromatic N) is 1. The van der Waals surface area contributed by atoms with Crippen LogP contribution in [0, 0.1) is 11.3 Å². The molecule has 1 heterocycles. The third-order valence-corrected chi connectivity index (χ3v) is 6.54. The van der Waals surface area contributed by atoms with E-state index in [1.165, 1.54) is 0 Å². The lowest BCUT2D eigenvalue weighted by atomic mass is 9.75. The normalized spacial score (nSPS) is 29.7. The lowest BCUT2D eigenvalue weighted by molar-refractivity contribution is -0.231. The summed E-state index contributed by atoms with van der Waals surface area (Å²) in [6.07, 6.45) is -3.16. The van der Waals surface area contributed by atoms with Gasteiger partial charge in [-0.25, -0.2) is 0 Å². The molecule has 5 N–H and O–H groups in total. The van der Waals surface area contributed by atoms with Gasteiger partial charge in [0.05, 0.1) is 23.8 Å². The van der Waals surface area contributed by atoms with Gasteiger partial charge in [-0.3, -0.25) is 0 Å². The Kier molecular flexibility index (Phi) is 6.13. The van der Waals surface area contributed by atoms with Crippen LogP contribution < -0.4 is 0 Å². The molecule has 0 bridgehead atoms. The second kappa shape index (κ2) is 8.67. The summed E-state index contributed by atoms with van der Waals surface area (Å²) in [6.45, 7) is -0.497. The molecule has 7 heteroatoms. The molecule has 4 rings (SSSR count). The van der Waals surface area contributed by atoms with E-state index in [-0.39, 0.29) is 0 Å². The molecule has 164 valence electrons. The van der Waals surface area contributed by atoms with Crippen molar-refractivity contribution in [3.05, 3.63) is 70.3 Å². The molecule has 1 aliphatic heterocycles. The minimum atomic E-state index is -1.46. The molecule has 0 unspecified atom stereocenters. The summed E-state index contributed by atoms with van der Waals surface area (Å²) in [5.74, 6) is 0. The van der Waals surface area contributed by atoms with E-state index in [4.69, 9.17) is 4.74 Å². The molecule has 0 aromatic heterocycles. The van der Waals surface area contributed by atoms with Crippen LogP contribution in [0.3, 0.4) is 0 Å². The third kappa shape index (κ3) is 4.11. The van der Waals surface area contributed by atoms with E-state index >= 15 is 0 Å². The largest absolute Gasteiger partial charge is 0.394 e. The Balaban J connectivity index is 1.59. The fourth-order valence-corrected chi connectivity index (χ4v) is 4.38. The first kappa shape index (κ1) is 21.9. The molecule has 1 saturated carbocycles. The van der Waals surface area contributed by atoms with Crippen LogP contribution in [0.5, 0.6) is 0 Å². The minimum absolute atomic E-state index is 0.465. The van der Waals surface area contributed by atoms with Crippen molar-refractivity contribution in [3.63, 3.8) is 0 Å². The summed E-state index contributed by atoms with van der Waals surface area (Å²) in [5.41, 5.74) is 2.90. The molecular formula is C24H27NO6. The van der Waals surface area contributed by atoms with Crippen LogP contribution in [0.1, 0.15) is 53.2 Å². The van der Waals surface area contributed by atoms with Crippen LogP contribution in [0.4, 0.5) is 0 Å². The van der Waals surface area contributed by atoms with E-state index < -0.39 is 42.7 Å². The Morgan fingerprint density at radius 3 is 2.29 bits per heavy atom. The molecule has 0 amide bonds. The number of aliphatic hydroxyl groups is 5. The predicted molar refractivity (Wildman–Crippen MR) is 111 cm³/mol. The average Bonchev–Trinajstić information content (AvgIpc) is 2.76. The van der Waals surface area contributed by atoms with Crippen LogP contribution >= 0.6 is 0 Å². The van der Waals surface area contributed by atoms with Crippen LogP contribution in [-0.2, 0) is 16.8 Å². The van der Waals surface area contributed by atoms with Crippen LogP contribution in [-0.4, -0.2) is 56.6 Å². The molecule has 2 aromatic rings. The van der Waals surface area contributed by atoms with E-state index in [0.29, 0.717) is 17.5 Å². The van der Waals surface area contributed by atoms with Gasteiger partial charge in [-0.05, 0) is 54.0 Å². The summed E-state index contributed by atoms with van der Waals surface area (Å²) in [5, 5.41) is 59.9. The van der Waals surface area contributed by atoms with Crippen LogP contribution in [0.2, 0.25) is 0 Å². The van der Waals surface area contributed by atoms with Crippen molar-refractivity contribution in [2.45, 2.75) is 61.8 Å². The minimum Gasteiger partial charge on any atom is -0.394 e. The van der Waals surface area contributed by atoms with E-state index in [1.807, 2.05) is 24.3 Å². The zero-order valence-corrected chi connectivity index (χ0v) is 17.1. The van der Waals surface area contributed by atoms with E-state index in [9.17, 15) is 30.8 Å². The van der Waals surface area contributed by atoms with Crippen molar-refractivity contribution >= 4 is 0 Å². The van der Waals surface area contributed by atoms with Crippen molar-refractivity contribution in [3.8, 4) is 6.07 Å². The number of benzene rings is 2. The lowest BCUT2D eigenvalue weighted by Crippen LogP contribution is -2.55. The van der Waals surface area contributed by atoms with Gasteiger partial charge in [0.2, 0.25) is 0 Å². The van der Waals surface area contributed by atoms with Gasteiger partial charge >= 0.3 is 0 Å². The standard InChI is InChI=1S/C24H27NO6/c25-12-16-5-4-15(23-22(29)21(28)20(27)19(13-26)31-23)11-17(16)10-14-2-6-18(7-3-14)24(30)8-1-9-24/h2-7,11,19-23,26-30H,1,8-10,13H2/t19-,20-,21+,22-,23+/m1/s1. The highest BCUT2D eigenvalue weighted by Gasteiger charge is 2.44. The van der Waals surface area contributed by atoms with Crippen LogP contribution in [0.15, 0.2) is 42.5 Å². The zero-order chi connectivity index (χ0) is 22.2. The van der Waals surface area contributed by atoms with Gasteiger partial charge in [-0.1, -0.05) is 36.4 Å². The van der Waals surface area contributed by atoms with Gasteiger partial charge in [-0.15, -0.1) is 0 Å². The molecule has 2 aliphatic rings. The molecule has 7 nitrogen and oxygen atoms in total. The fourth-order valence-electron chi connectivity index (χ4n) is 4.38. The van der Waals surface area contributed by atoms with Crippen LogP contribution in [0.25, 0.3) is 0 Å². The Labute approximate surface area is 180 Å². The molecule has 1 saturated heterocycles. The topological polar surface area (TPSA) is 134 Å². The fraction of sp³-hybridized carbons (Fsp3) is 0.458. The Bertz CT molecular complexity index is 963. The molecule has 0 spiro atoms. The van der Waals surface area contributed by atoms with Crippen molar-refractivity contribution in [1.82, 2.24) is 0 Å². The summed E-state index contributed by atoms with van der Waals surface area (Å²) < 4.78 is 5.65. The van der Waals surface area contributed by atoms with Crippen molar-refractivity contribution in [1.29, 1.82) is 5.26 Å². The zero-order valence-electron chi connectivity index (χ0n) is 17.1. The van der Waals surface area contributed by atoms with E-state index in [2.05, 4.69) is 6.07 Å². The second-order valence-electron chi connectivity index (χ2n) is 8.54. The Morgan fingerprint density at radius 1 is 1.00 bits per heavy atom. The van der Waals surface area contributed by atoms with Crippen molar-refractivity contribution in [2.24, 2.45) is 0 Å². The van der Waals surface area contributed by atoms with Gasteiger partial charge < -0.3 is 30.3 Å². The lowest BCUT2D eigenvalue weighted by Gasteiger charge is -2.40. The first-order valence-corrected chi connectivity index (χ1v) is 10.5. The first-order valence-electron chi connectivity index (χ1n) is 10.5. The predicted octanol–water partition coefficient (Wildman–Crippen LogP) is 1.04. The smallest absolute Gasteiger partial charge is 0.113 e. The quantitative estimate of drug-likeness (QED) is 0.483. The summed E-state index contributed by atoms with van der Waals surface area (Å²) in [7, 11) is 0. The highest BCUT2D eigenvalue weighted by molar-refractivity contribution is 5.44. The molecular weight excluding hydrogens is 398 g/mol.